The van der Waals surface area contributed by atoms with Crippen molar-refractivity contribution < 1.29 is 14.7 Å². The highest BCUT2D eigenvalue weighted by Crippen LogP contribution is 2.21. The van der Waals surface area contributed by atoms with Crippen LogP contribution in [0.4, 0.5) is 0 Å². The van der Waals surface area contributed by atoms with Crippen molar-refractivity contribution in [2.45, 2.75) is 32.6 Å². The second kappa shape index (κ2) is 9.42. The Morgan fingerprint density at radius 1 is 1.17 bits per heavy atom. The Morgan fingerprint density at radius 3 is 2.42 bits per heavy atom. The molecule has 0 aliphatic carbocycles. The minimum atomic E-state index is -0.877. The summed E-state index contributed by atoms with van der Waals surface area (Å²) in [5.74, 6) is -0.192. The van der Waals surface area contributed by atoms with E-state index in [-0.39, 0.29) is 19.0 Å². The first-order chi connectivity index (χ1) is 11.6. The molecule has 2 rings (SSSR count). The highest BCUT2D eigenvalue weighted by atomic mass is 16.4. The van der Waals surface area contributed by atoms with Gasteiger partial charge < -0.3 is 10.0 Å². The summed E-state index contributed by atoms with van der Waals surface area (Å²) in [7, 11) is 0. The maximum Gasteiger partial charge on any atom is 0.317 e. The predicted molar refractivity (Wildman–Crippen MR) is 93.8 cm³/mol. The number of carbonyl (C=O) groups is 2. The topological polar surface area (TPSA) is 60.9 Å². The molecule has 132 valence electrons. The van der Waals surface area contributed by atoms with Crippen LogP contribution in [0.2, 0.25) is 0 Å². The van der Waals surface area contributed by atoms with Crippen LogP contribution in [-0.4, -0.2) is 59.5 Å². The summed E-state index contributed by atoms with van der Waals surface area (Å²) in [4.78, 5) is 26.9. The number of amides is 1. The van der Waals surface area contributed by atoms with Gasteiger partial charge in [0.15, 0.2) is 0 Å². The molecule has 1 N–H and O–H groups in total. The van der Waals surface area contributed by atoms with Gasteiger partial charge in [-0.05, 0) is 43.7 Å². The molecule has 0 unspecified atom stereocenters. The Labute approximate surface area is 144 Å². The first-order valence-corrected chi connectivity index (χ1v) is 8.84. The summed E-state index contributed by atoms with van der Waals surface area (Å²) in [6.45, 7) is 4.34. The molecule has 24 heavy (non-hydrogen) atoms. The molecule has 5 nitrogen and oxygen atoms in total. The fraction of sp³-hybridized carbons (Fsp3) is 0.579. The van der Waals surface area contributed by atoms with E-state index in [1.165, 1.54) is 5.56 Å². The summed E-state index contributed by atoms with van der Waals surface area (Å²) in [5.41, 5.74) is 1.36. The fourth-order valence-electron chi connectivity index (χ4n) is 3.35. The monoisotopic (exact) mass is 332 g/mol. The average Bonchev–Trinajstić information content (AvgIpc) is 2.56. The first kappa shape index (κ1) is 18.5. The average molecular weight is 332 g/mol. The molecule has 5 heteroatoms. The largest absolute Gasteiger partial charge is 0.480 e. The number of piperidine rings is 1. The van der Waals surface area contributed by atoms with E-state index in [9.17, 15) is 9.59 Å². The van der Waals surface area contributed by atoms with Crippen LogP contribution in [0.15, 0.2) is 30.3 Å². The summed E-state index contributed by atoms with van der Waals surface area (Å²) in [6.07, 6.45) is 3.96. The van der Waals surface area contributed by atoms with Crippen molar-refractivity contribution >= 4 is 11.9 Å². The molecule has 1 aliphatic heterocycles. The van der Waals surface area contributed by atoms with E-state index in [0.29, 0.717) is 12.5 Å². The van der Waals surface area contributed by atoms with Gasteiger partial charge in [-0.25, -0.2) is 0 Å². The summed E-state index contributed by atoms with van der Waals surface area (Å²) in [6, 6.07) is 10.5. The Morgan fingerprint density at radius 2 is 1.83 bits per heavy atom. The third-order valence-corrected chi connectivity index (χ3v) is 4.59. The highest BCUT2D eigenvalue weighted by Gasteiger charge is 2.24. The second-order valence-electron chi connectivity index (χ2n) is 6.62. The lowest BCUT2D eigenvalue weighted by Crippen LogP contribution is -2.45. The van der Waals surface area contributed by atoms with E-state index in [1.807, 2.05) is 17.9 Å². The number of aliphatic carboxylic acids is 1. The number of hydrogen-bond donors (Lipinski definition) is 1. The third kappa shape index (κ3) is 5.96. The van der Waals surface area contributed by atoms with Crippen LogP contribution in [0.5, 0.6) is 0 Å². The number of carboxylic acids is 1. The van der Waals surface area contributed by atoms with Crippen LogP contribution in [0, 0.1) is 5.92 Å². The minimum absolute atomic E-state index is 0.0582. The van der Waals surface area contributed by atoms with Gasteiger partial charge in [-0.3, -0.25) is 14.5 Å². The molecule has 0 atom stereocenters. The molecule has 1 heterocycles. The lowest BCUT2D eigenvalue weighted by atomic mass is 9.90. The first-order valence-electron chi connectivity index (χ1n) is 8.84. The van der Waals surface area contributed by atoms with Gasteiger partial charge in [0, 0.05) is 13.1 Å². The van der Waals surface area contributed by atoms with Crippen molar-refractivity contribution in [2.75, 3.05) is 32.7 Å². The number of carbonyl (C=O) groups excluding carboxylic acids is 1. The molecule has 0 aromatic heterocycles. The number of benzene rings is 1. The van der Waals surface area contributed by atoms with Gasteiger partial charge in [-0.15, -0.1) is 0 Å². The van der Waals surface area contributed by atoms with E-state index in [4.69, 9.17) is 5.11 Å². The predicted octanol–water partition coefficient (Wildman–Crippen LogP) is 2.26. The van der Waals surface area contributed by atoms with Gasteiger partial charge in [0.2, 0.25) is 5.91 Å². The van der Waals surface area contributed by atoms with E-state index in [1.54, 1.807) is 4.90 Å². The van der Waals surface area contributed by atoms with Crippen LogP contribution in [0.1, 0.15) is 31.7 Å². The molecular formula is C19H28N2O3. The van der Waals surface area contributed by atoms with E-state index in [0.717, 1.165) is 38.8 Å². The molecule has 1 saturated heterocycles. The van der Waals surface area contributed by atoms with Gasteiger partial charge in [0.1, 0.15) is 0 Å². The van der Waals surface area contributed by atoms with Crippen molar-refractivity contribution in [2.24, 2.45) is 5.92 Å². The smallest absolute Gasteiger partial charge is 0.317 e. The van der Waals surface area contributed by atoms with Gasteiger partial charge in [-0.2, -0.15) is 0 Å². The zero-order valence-electron chi connectivity index (χ0n) is 14.5. The normalized spacial score (nSPS) is 15.7. The molecular weight excluding hydrogens is 304 g/mol. The molecule has 1 aliphatic rings. The molecule has 1 aromatic rings. The summed E-state index contributed by atoms with van der Waals surface area (Å²) < 4.78 is 0. The van der Waals surface area contributed by atoms with Gasteiger partial charge in [0.25, 0.3) is 0 Å². The van der Waals surface area contributed by atoms with Crippen LogP contribution in [0.25, 0.3) is 0 Å². The molecule has 1 aromatic carbocycles. The van der Waals surface area contributed by atoms with Gasteiger partial charge in [-0.1, -0.05) is 37.3 Å². The van der Waals surface area contributed by atoms with Crippen LogP contribution in [0.3, 0.4) is 0 Å². The zero-order valence-corrected chi connectivity index (χ0v) is 14.5. The van der Waals surface area contributed by atoms with Gasteiger partial charge in [0.05, 0.1) is 13.1 Å². The van der Waals surface area contributed by atoms with E-state index >= 15 is 0 Å². The Balaban J connectivity index is 1.78. The summed E-state index contributed by atoms with van der Waals surface area (Å²) >= 11 is 0. The Kier molecular flexibility index (Phi) is 7.25. The van der Waals surface area contributed by atoms with E-state index in [2.05, 4.69) is 24.3 Å². The molecule has 0 saturated carbocycles. The third-order valence-electron chi connectivity index (χ3n) is 4.59. The quantitative estimate of drug-likeness (QED) is 0.793. The minimum Gasteiger partial charge on any atom is -0.480 e. The highest BCUT2D eigenvalue weighted by molar-refractivity contribution is 5.79. The maximum absolute atomic E-state index is 12.4. The molecule has 0 radical (unpaired) electrons. The second-order valence-corrected chi connectivity index (χ2v) is 6.62. The van der Waals surface area contributed by atoms with Crippen molar-refractivity contribution in [3.63, 3.8) is 0 Å². The van der Waals surface area contributed by atoms with Crippen LogP contribution in [-0.2, 0) is 16.0 Å². The molecule has 0 bridgehead atoms. The van der Waals surface area contributed by atoms with Crippen LogP contribution >= 0.6 is 0 Å². The molecule has 0 spiro atoms. The Hall–Kier alpha value is -1.88. The van der Waals surface area contributed by atoms with Gasteiger partial charge >= 0.3 is 5.97 Å². The van der Waals surface area contributed by atoms with Crippen molar-refractivity contribution in [3.8, 4) is 0 Å². The van der Waals surface area contributed by atoms with Crippen molar-refractivity contribution in [3.05, 3.63) is 35.9 Å². The molecule has 1 amide bonds. The van der Waals surface area contributed by atoms with Crippen molar-refractivity contribution in [1.29, 1.82) is 0 Å². The fourth-order valence-corrected chi connectivity index (χ4v) is 3.35. The van der Waals surface area contributed by atoms with Crippen LogP contribution < -0.4 is 0 Å². The number of hydrogen-bond acceptors (Lipinski definition) is 3. The number of likely N-dealkylation sites (tertiary alicyclic amines) is 1. The number of rotatable bonds is 8. The number of carboxylic acid groups (broad SMARTS) is 1. The number of nitrogens with zero attached hydrogens (tertiary/aromatic N) is 2. The van der Waals surface area contributed by atoms with E-state index < -0.39 is 5.97 Å². The van der Waals surface area contributed by atoms with Crippen molar-refractivity contribution in [1.82, 2.24) is 9.80 Å². The SMILES string of the molecule is CCCN(CC(=O)O)CC(=O)N1CCC(Cc2ccccc2)CC1. The zero-order chi connectivity index (χ0) is 17.4. The lowest BCUT2D eigenvalue weighted by molar-refractivity contribution is -0.140. The standard InChI is InChI=1S/C19H28N2O3/c1-2-10-20(15-19(23)24)14-18(22)21-11-8-17(9-12-21)13-16-6-4-3-5-7-16/h3-7,17H,2,8-15H2,1H3,(H,23,24). The summed E-state index contributed by atoms with van der Waals surface area (Å²) in [5, 5.41) is 8.94. The Bertz CT molecular complexity index is 525. The maximum atomic E-state index is 12.4. The molecule has 1 fully saturated rings. The lowest BCUT2D eigenvalue weighted by Gasteiger charge is -2.33.